The fraction of sp³-hybridized carbons (Fsp3) is 0.375. The fourth-order valence-corrected chi connectivity index (χ4v) is 3.48. The number of nitrogens with one attached hydrogen (secondary N) is 1. The second-order valence-electron chi connectivity index (χ2n) is 5.86. The molecule has 2 amide bonds. The lowest BCUT2D eigenvalue weighted by molar-refractivity contribution is -0.141. The molecule has 1 saturated heterocycles. The number of aromatic nitrogens is 2. The molecular formula is C16H16N4O2. The molecule has 1 aromatic heterocycles. The molecule has 2 heterocycles. The van der Waals surface area contributed by atoms with Gasteiger partial charge in [-0.2, -0.15) is 0 Å². The van der Waals surface area contributed by atoms with Crippen LogP contribution >= 0.6 is 0 Å². The minimum atomic E-state index is -0.226. The molecule has 6 nitrogen and oxygen atoms in total. The van der Waals surface area contributed by atoms with Crippen molar-refractivity contribution in [3.8, 4) is 0 Å². The number of hydrazine groups is 1. The monoisotopic (exact) mass is 296 g/mol. The average Bonchev–Trinajstić information content (AvgIpc) is 2.58. The third-order valence-electron chi connectivity index (χ3n) is 4.60. The van der Waals surface area contributed by atoms with Gasteiger partial charge in [0.25, 0.3) is 5.91 Å². The number of hydrogen-bond donors (Lipinski definition) is 1. The third kappa shape index (κ3) is 1.94. The molecule has 2 aliphatic rings. The van der Waals surface area contributed by atoms with Gasteiger partial charge in [0.15, 0.2) is 5.82 Å². The number of para-hydroxylation sites is 1. The lowest BCUT2D eigenvalue weighted by Gasteiger charge is -2.39. The molecule has 1 aliphatic heterocycles. The molecule has 1 N–H and O–H groups in total. The van der Waals surface area contributed by atoms with Crippen LogP contribution in [0.5, 0.6) is 0 Å². The quantitative estimate of drug-likeness (QED) is 0.871. The molecule has 6 heteroatoms. The summed E-state index contributed by atoms with van der Waals surface area (Å²) in [4.78, 5) is 33.6. The van der Waals surface area contributed by atoms with Gasteiger partial charge in [0.05, 0.1) is 17.4 Å². The smallest absolute Gasteiger partial charge is 0.251 e. The number of rotatable bonds is 1. The van der Waals surface area contributed by atoms with Crippen LogP contribution in [-0.2, 0) is 9.59 Å². The Hall–Kier alpha value is -2.50. The first-order chi connectivity index (χ1) is 10.8. The number of anilines is 1. The summed E-state index contributed by atoms with van der Waals surface area (Å²) in [5.41, 5.74) is 3.48. The summed E-state index contributed by atoms with van der Waals surface area (Å²) in [5, 5.41) is 2.08. The zero-order valence-corrected chi connectivity index (χ0v) is 12.0. The summed E-state index contributed by atoms with van der Waals surface area (Å²) in [5.74, 6) is -0.102. The summed E-state index contributed by atoms with van der Waals surface area (Å²) in [6.45, 7) is 0. The van der Waals surface area contributed by atoms with Crippen molar-refractivity contribution in [2.24, 2.45) is 11.8 Å². The number of fused-ring (bicyclic) bond motifs is 2. The van der Waals surface area contributed by atoms with Gasteiger partial charge in [-0.1, -0.05) is 25.0 Å². The fourth-order valence-electron chi connectivity index (χ4n) is 3.48. The summed E-state index contributed by atoms with van der Waals surface area (Å²) >= 11 is 0. The molecule has 2 atom stereocenters. The van der Waals surface area contributed by atoms with Crippen LogP contribution in [0.15, 0.2) is 30.6 Å². The maximum Gasteiger partial charge on any atom is 0.251 e. The summed E-state index contributed by atoms with van der Waals surface area (Å²) in [6, 6.07) is 7.47. The van der Waals surface area contributed by atoms with Crippen molar-refractivity contribution >= 4 is 28.5 Å². The Balaban J connectivity index is 1.78. The highest BCUT2D eigenvalue weighted by Crippen LogP contribution is 2.36. The van der Waals surface area contributed by atoms with Crippen LogP contribution in [0, 0.1) is 11.8 Å². The molecule has 112 valence electrons. The van der Waals surface area contributed by atoms with E-state index in [1.165, 1.54) is 11.3 Å². The molecule has 0 bridgehead atoms. The second-order valence-corrected chi connectivity index (χ2v) is 5.86. The molecule has 0 radical (unpaired) electrons. The normalized spacial score (nSPS) is 25.0. The minimum Gasteiger partial charge on any atom is -0.273 e. The average molecular weight is 296 g/mol. The van der Waals surface area contributed by atoms with E-state index in [0.29, 0.717) is 5.82 Å². The number of carbonyl (C=O) groups excluding carboxylic acids is 2. The Labute approximate surface area is 127 Å². The zero-order chi connectivity index (χ0) is 15.1. The molecular weight excluding hydrogens is 280 g/mol. The van der Waals surface area contributed by atoms with Crippen LogP contribution in [0.1, 0.15) is 25.7 Å². The largest absolute Gasteiger partial charge is 0.273 e. The van der Waals surface area contributed by atoms with E-state index in [4.69, 9.17) is 0 Å². The summed E-state index contributed by atoms with van der Waals surface area (Å²) < 4.78 is 0. The molecule has 1 saturated carbocycles. The number of nitrogens with zero attached hydrogens (tertiary/aromatic N) is 3. The van der Waals surface area contributed by atoms with Crippen molar-refractivity contribution in [2.75, 3.05) is 5.01 Å². The van der Waals surface area contributed by atoms with Crippen molar-refractivity contribution in [3.63, 3.8) is 0 Å². The first-order valence-electron chi connectivity index (χ1n) is 7.60. The van der Waals surface area contributed by atoms with Crippen molar-refractivity contribution in [1.29, 1.82) is 0 Å². The maximum absolute atomic E-state index is 12.8. The minimum absolute atomic E-state index is 0.0619. The Bertz CT molecular complexity index is 755. The van der Waals surface area contributed by atoms with Gasteiger partial charge >= 0.3 is 0 Å². The Morgan fingerprint density at radius 3 is 2.68 bits per heavy atom. The Morgan fingerprint density at radius 2 is 1.82 bits per heavy atom. The van der Waals surface area contributed by atoms with E-state index in [1.54, 1.807) is 0 Å². The lowest BCUT2D eigenvalue weighted by Crippen LogP contribution is -2.60. The van der Waals surface area contributed by atoms with Crippen LogP contribution in [0.25, 0.3) is 10.9 Å². The topological polar surface area (TPSA) is 75.2 Å². The van der Waals surface area contributed by atoms with Gasteiger partial charge in [0, 0.05) is 5.39 Å². The van der Waals surface area contributed by atoms with Crippen LogP contribution in [0.2, 0.25) is 0 Å². The van der Waals surface area contributed by atoms with Crippen molar-refractivity contribution in [3.05, 3.63) is 30.6 Å². The van der Waals surface area contributed by atoms with E-state index in [1.807, 2.05) is 24.3 Å². The molecule has 4 rings (SSSR count). The van der Waals surface area contributed by atoms with Gasteiger partial charge in [-0.15, -0.1) is 0 Å². The van der Waals surface area contributed by atoms with Crippen molar-refractivity contribution < 1.29 is 9.59 Å². The Kier molecular flexibility index (Phi) is 3.03. The van der Waals surface area contributed by atoms with E-state index in [-0.39, 0.29) is 23.7 Å². The zero-order valence-electron chi connectivity index (χ0n) is 12.0. The first-order valence-corrected chi connectivity index (χ1v) is 7.60. The number of benzene rings is 1. The number of amides is 2. The van der Waals surface area contributed by atoms with E-state index in [0.717, 1.165) is 36.6 Å². The molecule has 1 aromatic carbocycles. The maximum atomic E-state index is 12.8. The van der Waals surface area contributed by atoms with Gasteiger partial charge in [-0.3, -0.25) is 15.0 Å². The molecule has 2 fully saturated rings. The van der Waals surface area contributed by atoms with Crippen LogP contribution < -0.4 is 10.4 Å². The van der Waals surface area contributed by atoms with E-state index in [2.05, 4.69) is 15.4 Å². The van der Waals surface area contributed by atoms with E-state index >= 15 is 0 Å². The van der Waals surface area contributed by atoms with Gasteiger partial charge in [-0.05, 0) is 25.0 Å². The number of carbonyl (C=O) groups is 2. The summed E-state index contributed by atoms with van der Waals surface area (Å²) in [6.07, 6.45) is 5.00. The van der Waals surface area contributed by atoms with E-state index < -0.39 is 0 Å². The number of hydrogen-bond acceptors (Lipinski definition) is 4. The SMILES string of the molecule is O=C1NN(c2ncnc3ccccc23)C(=O)[C@@H]2CCCC[C@@H]12. The molecule has 1 aliphatic carbocycles. The van der Waals surface area contributed by atoms with Crippen LogP contribution in [0.4, 0.5) is 5.82 Å². The van der Waals surface area contributed by atoms with Gasteiger partial charge < -0.3 is 0 Å². The van der Waals surface area contributed by atoms with Crippen molar-refractivity contribution in [1.82, 2.24) is 15.4 Å². The predicted molar refractivity (Wildman–Crippen MR) is 80.6 cm³/mol. The van der Waals surface area contributed by atoms with Gasteiger partial charge in [-0.25, -0.2) is 15.0 Å². The highest BCUT2D eigenvalue weighted by molar-refractivity contribution is 6.07. The molecule has 22 heavy (non-hydrogen) atoms. The standard InChI is InChI=1S/C16H16N4O2/c21-15-10-5-1-2-6-11(10)16(22)20(19-15)14-12-7-3-4-8-13(12)17-9-18-14/h3-4,7-11H,1-2,5-6H2,(H,19,21)/t10-,11-/m1/s1. The first kappa shape index (κ1) is 13.2. The summed E-state index contributed by atoms with van der Waals surface area (Å²) in [7, 11) is 0. The van der Waals surface area contributed by atoms with E-state index in [9.17, 15) is 9.59 Å². The van der Waals surface area contributed by atoms with Gasteiger partial charge in [0.1, 0.15) is 6.33 Å². The van der Waals surface area contributed by atoms with Crippen LogP contribution in [0.3, 0.4) is 0 Å². The molecule has 2 aromatic rings. The van der Waals surface area contributed by atoms with Gasteiger partial charge in [0.2, 0.25) is 5.91 Å². The lowest BCUT2D eigenvalue weighted by atomic mass is 9.77. The Morgan fingerprint density at radius 1 is 1.05 bits per heavy atom. The predicted octanol–water partition coefficient (Wildman–Crippen LogP) is 1.81. The van der Waals surface area contributed by atoms with Crippen molar-refractivity contribution in [2.45, 2.75) is 25.7 Å². The van der Waals surface area contributed by atoms with Crippen LogP contribution in [-0.4, -0.2) is 21.8 Å². The molecule has 0 unspecified atom stereocenters. The second kappa shape index (κ2) is 5.05. The molecule has 0 spiro atoms. The third-order valence-corrected chi connectivity index (χ3v) is 4.60. The highest BCUT2D eigenvalue weighted by atomic mass is 16.2. The highest BCUT2D eigenvalue weighted by Gasteiger charge is 2.44.